The van der Waals surface area contributed by atoms with E-state index in [1.165, 1.54) is 17.2 Å². The first-order chi connectivity index (χ1) is 15.9. The largest absolute Gasteiger partial charge is 0.442 e. The molecule has 0 bridgehead atoms. The summed E-state index contributed by atoms with van der Waals surface area (Å²) in [5, 5.41) is 25.0. The minimum atomic E-state index is -1.53. The zero-order valence-electron chi connectivity index (χ0n) is 17.4. The van der Waals surface area contributed by atoms with Gasteiger partial charge in [0, 0.05) is 24.7 Å². The molecule has 0 radical (unpaired) electrons. The molecule has 33 heavy (non-hydrogen) atoms. The molecule has 0 saturated carbocycles. The predicted octanol–water partition coefficient (Wildman–Crippen LogP) is 1.36. The number of hydrogen-bond donors (Lipinski definition) is 3. The van der Waals surface area contributed by atoms with Crippen LogP contribution in [0.5, 0.6) is 0 Å². The minimum absolute atomic E-state index is 0.0296. The van der Waals surface area contributed by atoms with Gasteiger partial charge < -0.3 is 29.7 Å². The van der Waals surface area contributed by atoms with Crippen molar-refractivity contribution in [3.63, 3.8) is 0 Å². The van der Waals surface area contributed by atoms with E-state index in [-0.39, 0.29) is 43.9 Å². The average molecular weight is 464 g/mol. The van der Waals surface area contributed by atoms with Crippen LogP contribution in [0.15, 0.2) is 35.1 Å². The third-order valence-corrected chi connectivity index (χ3v) is 5.46. The number of aliphatic hydroxyl groups is 2. The Morgan fingerprint density at radius 2 is 2.09 bits per heavy atom. The quantitative estimate of drug-likeness (QED) is 0.561. The molecule has 2 aliphatic heterocycles. The fraction of sp³-hybridized carbons (Fsp3) is 0.381. The Bertz CT molecular complexity index is 1040. The molecule has 10 nitrogen and oxygen atoms in total. The van der Waals surface area contributed by atoms with E-state index in [0.29, 0.717) is 11.4 Å². The summed E-state index contributed by atoms with van der Waals surface area (Å²) in [6, 6.07) is 3.74. The van der Waals surface area contributed by atoms with E-state index in [1.54, 1.807) is 6.07 Å². The van der Waals surface area contributed by atoms with E-state index in [2.05, 4.69) is 10.5 Å². The number of carbonyl (C=O) groups excluding carboxylic acids is 2. The van der Waals surface area contributed by atoms with Crippen LogP contribution in [-0.2, 0) is 9.53 Å². The second kappa shape index (κ2) is 9.55. The maximum Gasteiger partial charge on any atom is 0.414 e. The van der Waals surface area contributed by atoms with Crippen LogP contribution in [0.25, 0.3) is 5.57 Å². The van der Waals surface area contributed by atoms with Gasteiger partial charge in [-0.15, -0.1) is 0 Å². The number of nitrogens with zero attached hydrogens (tertiary/aromatic N) is 3. The summed E-state index contributed by atoms with van der Waals surface area (Å²) in [4.78, 5) is 26.6. The highest BCUT2D eigenvalue weighted by Crippen LogP contribution is 2.32. The third kappa shape index (κ3) is 4.81. The molecule has 0 aliphatic carbocycles. The van der Waals surface area contributed by atoms with Gasteiger partial charge in [0.05, 0.1) is 25.4 Å². The molecule has 1 fully saturated rings. The zero-order valence-corrected chi connectivity index (χ0v) is 17.4. The number of rotatable bonds is 7. The number of cyclic esters (lactones) is 1. The summed E-state index contributed by atoms with van der Waals surface area (Å²) in [6.45, 7) is -0.183. The summed E-state index contributed by atoms with van der Waals surface area (Å²) < 4.78 is 39.8. The lowest BCUT2D eigenvalue weighted by Gasteiger charge is -2.28. The van der Waals surface area contributed by atoms with Gasteiger partial charge in [0.1, 0.15) is 24.0 Å². The van der Waals surface area contributed by atoms with Crippen LogP contribution < -0.4 is 10.2 Å². The van der Waals surface area contributed by atoms with Crippen LogP contribution in [0.2, 0.25) is 0 Å². The summed E-state index contributed by atoms with van der Waals surface area (Å²) in [5.41, 5.74) is 0.171. The van der Waals surface area contributed by atoms with Gasteiger partial charge in [-0.05, 0) is 24.1 Å². The van der Waals surface area contributed by atoms with E-state index in [1.807, 2.05) is 0 Å². The molecule has 3 heterocycles. The topological polar surface area (TPSA) is 128 Å². The van der Waals surface area contributed by atoms with Crippen molar-refractivity contribution in [3.8, 4) is 0 Å². The number of aliphatic hydroxyl groups excluding tert-OH is 2. The second-order valence-electron chi connectivity index (χ2n) is 7.63. The minimum Gasteiger partial charge on any atom is -0.442 e. The van der Waals surface area contributed by atoms with E-state index < -0.39 is 42.4 Å². The number of aromatic nitrogens is 1. The first-order valence-electron chi connectivity index (χ1n) is 10.3. The van der Waals surface area contributed by atoms with Crippen molar-refractivity contribution in [2.75, 3.05) is 43.0 Å². The molecule has 1 aromatic carbocycles. The molecule has 12 heteroatoms. The number of ether oxygens (including phenoxy) is 1. The first kappa shape index (κ1) is 22.7. The summed E-state index contributed by atoms with van der Waals surface area (Å²) in [6.07, 6.45) is 0.252. The molecule has 4 rings (SSSR count). The van der Waals surface area contributed by atoms with Crippen molar-refractivity contribution in [3.05, 3.63) is 47.7 Å². The lowest BCUT2D eigenvalue weighted by Crippen LogP contribution is -2.42. The van der Waals surface area contributed by atoms with Gasteiger partial charge in [-0.2, -0.15) is 0 Å². The van der Waals surface area contributed by atoms with Crippen LogP contribution >= 0.6 is 0 Å². The van der Waals surface area contributed by atoms with Gasteiger partial charge in [-0.3, -0.25) is 9.69 Å². The molecule has 176 valence electrons. The van der Waals surface area contributed by atoms with Crippen molar-refractivity contribution >= 4 is 29.1 Å². The van der Waals surface area contributed by atoms with Gasteiger partial charge in [0.2, 0.25) is 0 Å². The predicted molar refractivity (Wildman–Crippen MR) is 111 cm³/mol. The van der Waals surface area contributed by atoms with Crippen LogP contribution in [0, 0.1) is 11.6 Å². The number of amides is 2. The molecule has 2 amide bonds. The normalized spacial score (nSPS) is 19.3. The van der Waals surface area contributed by atoms with E-state index in [0.717, 1.165) is 17.0 Å². The molecular weight excluding hydrogens is 442 g/mol. The number of carbonyl (C=O) groups is 2. The Balaban J connectivity index is 1.45. The Morgan fingerprint density at radius 1 is 1.33 bits per heavy atom. The highest BCUT2D eigenvalue weighted by Gasteiger charge is 2.34. The van der Waals surface area contributed by atoms with Gasteiger partial charge in [0.25, 0.3) is 5.91 Å². The first-order valence-corrected chi connectivity index (χ1v) is 10.3. The van der Waals surface area contributed by atoms with Crippen LogP contribution in [0.1, 0.15) is 12.0 Å². The van der Waals surface area contributed by atoms with E-state index in [9.17, 15) is 23.5 Å². The Kier molecular flexibility index (Phi) is 6.56. The second-order valence-corrected chi connectivity index (χ2v) is 7.63. The average Bonchev–Trinajstić information content (AvgIpc) is 3.46. The van der Waals surface area contributed by atoms with Crippen molar-refractivity contribution < 1.29 is 37.8 Å². The van der Waals surface area contributed by atoms with Gasteiger partial charge in [0.15, 0.2) is 11.9 Å². The molecule has 2 aromatic rings. The molecular formula is C21H22F2N4O6. The van der Waals surface area contributed by atoms with Gasteiger partial charge in [-0.1, -0.05) is 11.2 Å². The van der Waals surface area contributed by atoms with Gasteiger partial charge >= 0.3 is 6.09 Å². The van der Waals surface area contributed by atoms with Crippen molar-refractivity contribution in [1.82, 2.24) is 10.1 Å². The highest BCUT2D eigenvalue weighted by molar-refractivity contribution is 5.90. The molecule has 1 saturated heterocycles. The SMILES string of the molecule is O=C(C(O)CO)N1CC=C(c2c(F)cc(N3C[C@H](CNc4ccon4)OC3=O)cc2F)CC1. The Labute approximate surface area is 187 Å². The third-order valence-electron chi connectivity index (χ3n) is 5.46. The van der Waals surface area contributed by atoms with Crippen LogP contribution in [0.3, 0.4) is 0 Å². The molecule has 0 spiro atoms. The van der Waals surface area contributed by atoms with E-state index in [4.69, 9.17) is 14.4 Å². The number of anilines is 2. The Hall–Kier alpha value is -3.51. The number of hydrogen-bond acceptors (Lipinski definition) is 8. The summed E-state index contributed by atoms with van der Waals surface area (Å²) in [5.74, 6) is -1.87. The molecule has 2 aliphatic rings. The molecule has 1 aromatic heterocycles. The molecule has 3 N–H and O–H groups in total. The smallest absolute Gasteiger partial charge is 0.414 e. The van der Waals surface area contributed by atoms with Crippen molar-refractivity contribution in [2.45, 2.75) is 18.6 Å². The standard InChI is InChI=1S/C21H22F2N4O6/c22-15-7-13(27-10-14(33-21(27)31)9-24-18-3-6-32-25-18)8-16(23)19(15)12-1-4-26(5-2-12)20(30)17(29)11-28/h1,3,6-8,14,17,28-29H,2,4-5,9-11H2,(H,24,25)/t14-,17?/m0/s1. The maximum absolute atomic E-state index is 14.9. The molecule has 2 atom stereocenters. The highest BCUT2D eigenvalue weighted by atomic mass is 19.1. The number of halogens is 2. The van der Waals surface area contributed by atoms with Gasteiger partial charge in [-0.25, -0.2) is 13.6 Å². The van der Waals surface area contributed by atoms with Crippen molar-refractivity contribution in [1.29, 1.82) is 0 Å². The number of nitrogens with one attached hydrogen (secondary N) is 1. The summed E-state index contributed by atoms with van der Waals surface area (Å²) >= 11 is 0. The molecule has 1 unspecified atom stereocenters. The monoisotopic (exact) mass is 464 g/mol. The van der Waals surface area contributed by atoms with Crippen molar-refractivity contribution in [2.24, 2.45) is 0 Å². The summed E-state index contributed by atoms with van der Waals surface area (Å²) in [7, 11) is 0. The lowest BCUT2D eigenvalue weighted by molar-refractivity contribution is -0.141. The zero-order chi connectivity index (χ0) is 23.5. The van der Waals surface area contributed by atoms with Crippen LogP contribution in [0.4, 0.5) is 25.1 Å². The lowest BCUT2D eigenvalue weighted by atomic mass is 9.97. The fourth-order valence-electron chi connectivity index (χ4n) is 3.77. The van der Waals surface area contributed by atoms with E-state index >= 15 is 0 Å². The maximum atomic E-state index is 14.9. The van der Waals surface area contributed by atoms with Crippen LogP contribution in [-0.4, -0.2) is 77.3 Å². The Morgan fingerprint density at radius 3 is 2.70 bits per heavy atom. The fourth-order valence-corrected chi connectivity index (χ4v) is 3.77. The number of benzene rings is 1.